The summed E-state index contributed by atoms with van der Waals surface area (Å²) in [5, 5.41) is 0.581. The lowest BCUT2D eigenvalue weighted by atomic mass is 10.1. The fourth-order valence-electron chi connectivity index (χ4n) is 3.02. The van der Waals surface area contributed by atoms with Gasteiger partial charge in [0.25, 0.3) is 0 Å². The summed E-state index contributed by atoms with van der Waals surface area (Å²) in [4.78, 5) is 13.0. The molecule has 0 spiro atoms. The van der Waals surface area contributed by atoms with Crippen LogP contribution in [0.4, 0.5) is 0 Å². The summed E-state index contributed by atoms with van der Waals surface area (Å²) in [6.07, 6.45) is 0. The first-order valence-electron chi connectivity index (χ1n) is 9.38. The molecule has 0 fully saturated rings. The van der Waals surface area contributed by atoms with Crippen LogP contribution in [0, 0.1) is 0 Å². The number of halogens is 1. The first-order valence-corrected chi connectivity index (χ1v) is 11.2. The van der Waals surface area contributed by atoms with Crippen LogP contribution in [0.2, 0.25) is 5.02 Å². The Morgan fingerprint density at radius 3 is 2.29 bits per heavy atom. The largest absolute Gasteiger partial charge is 0.494 e. The molecule has 8 heteroatoms. The summed E-state index contributed by atoms with van der Waals surface area (Å²) in [5.74, 6) is 0.215. The number of fused-ring (bicyclic) bond motifs is 1. The predicted molar refractivity (Wildman–Crippen MR) is 118 cm³/mol. The highest BCUT2D eigenvalue weighted by Gasteiger charge is 2.25. The quantitative estimate of drug-likeness (QED) is 0.367. The van der Waals surface area contributed by atoms with Gasteiger partial charge in [-0.15, -0.1) is 0 Å². The number of hydrogen-bond donors (Lipinski definition) is 0. The van der Waals surface area contributed by atoms with Crippen molar-refractivity contribution in [3.05, 3.63) is 88.0 Å². The number of para-hydroxylation sites is 1. The third-order valence-corrected chi connectivity index (χ3v) is 5.97. The molecule has 0 amide bonds. The number of ether oxygens (including phenoxy) is 1. The second-order valence-corrected chi connectivity index (χ2v) is 8.52. The van der Waals surface area contributed by atoms with Crippen LogP contribution in [0.25, 0.3) is 22.3 Å². The fraction of sp³-hybridized carbons (Fsp3) is 0.0870. The molecule has 6 nitrogen and oxygen atoms in total. The minimum absolute atomic E-state index is 0.00397. The van der Waals surface area contributed by atoms with Crippen molar-refractivity contribution in [2.24, 2.45) is 0 Å². The van der Waals surface area contributed by atoms with E-state index in [4.69, 9.17) is 24.9 Å². The zero-order chi connectivity index (χ0) is 22.0. The minimum atomic E-state index is -4.31. The molecule has 0 atom stereocenters. The molecule has 0 unspecified atom stereocenters. The second-order valence-electron chi connectivity index (χ2n) is 6.53. The van der Waals surface area contributed by atoms with Crippen LogP contribution in [-0.2, 0) is 10.1 Å². The maximum atomic E-state index is 13.2. The highest BCUT2D eigenvalue weighted by Crippen LogP contribution is 2.33. The van der Waals surface area contributed by atoms with E-state index in [1.807, 2.05) is 6.92 Å². The van der Waals surface area contributed by atoms with Crippen LogP contribution in [0.1, 0.15) is 6.92 Å². The van der Waals surface area contributed by atoms with Crippen LogP contribution in [-0.4, -0.2) is 15.0 Å². The predicted octanol–water partition coefficient (Wildman–Crippen LogP) is 5.28. The Bertz CT molecular complexity index is 1390. The molecule has 0 bridgehead atoms. The molecule has 0 aliphatic carbocycles. The van der Waals surface area contributed by atoms with Gasteiger partial charge >= 0.3 is 10.1 Å². The number of rotatable bonds is 6. The lowest BCUT2D eigenvalue weighted by molar-refractivity contribution is 0.340. The zero-order valence-corrected chi connectivity index (χ0v) is 17.9. The van der Waals surface area contributed by atoms with Gasteiger partial charge in [-0.25, -0.2) is 0 Å². The van der Waals surface area contributed by atoms with E-state index in [2.05, 4.69) is 0 Å². The van der Waals surface area contributed by atoms with Gasteiger partial charge in [-0.05, 0) is 67.6 Å². The van der Waals surface area contributed by atoms with Crippen molar-refractivity contribution in [1.29, 1.82) is 0 Å². The molecular formula is C23H17ClO6S. The summed E-state index contributed by atoms with van der Waals surface area (Å²) in [5.41, 5.74) is 0.184. The lowest BCUT2D eigenvalue weighted by Crippen LogP contribution is -2.16. The zero-order valence-electron chi connectivity index (χ0n) is 16.4. The molecular weight excluding hydrogens is 440 g/mol. The first kappa shape index (κ1) is 21.0. The molecule has 0 saturated heterocycles. The van der Waals surface area contributed by atoms with Gasteiger partial charge in [0.1, 0.15) is 16.2 Å². The summed E-state index contributed by atoms with van der Waals surface area (Å²) < 4.78 is 42.4. The van der Waals surface area contributed by atoms with Gasteiger partial charge in [0.2, 0.25) is 11.2 Å². The Morgan fingerprint density at radius 2 is 1.61 bits per heavy atom. The van der Waals surface area contributed by atoms with Crippen molar-refractivity contribution >= 4 is 32.7 Å². The average molecular weight is 457 g/mol. The molecule has 3 aromatic carbocycles. The van der Waals surface area contributed by atoms with Gasteiger partial charge in [0.15, 0.2) is 5.76 Å². The second kappa shape index (κ2) is 8.45. The molecule has 0 saturated carbocycles. The Kier molecular flexibility index (Phi) is 5.71. The van der Waals surface area contributed by atoms with E-state index in [9.17, 15) is 13.2 Å². The van der Waals surface area contributed by atoms with Crippen LogP contribution >= 0.6 is 11.6 Å². The standard InChI is InChI=1S/C23H17ClO6S/c1-2-28-17-11-7-15(8-12-17)22-23(21(25)19-5-3-4-6-20(19)29-22)30-31(26,27)18-13-9-16(24)10-14-18/h3-14H,2H2,1H3. The van der Waals surface area contributed by atoms with Crippen molar-refractivity contribution in [1.82, 2.24) is 0 Å². The van der Waals surface area contributed by atoms with Gasteiger partial charge in [-0.1, -0.05) is 23.7 Å². The molecule has 31 heavy (non-hydrogen) atoms. The highest BCUT2D eigenvalue weighted by molar-refractivity contribution is 7.87. The first-order chi connectivity index (χ1) is 14.9. The minimum Gasteiger partial charge on any atom is -0.494 e. The smallest absolute Gasteiger partial charge is 0.339 e. The summed E-state index contributed by atoms with van der Waals surface area (Å²) >= 11 is 5.84. The van der Waals surface area contributed by atoms with Crippen LogP contribution < -0.4 is 14.3 Å². The molecule has 4 aromatic rings. The highest BCUT2D eigenvalue weighted by atomic mass is 35.5. The fourth-order valence-corrected chi connectivity index (χ4v) is 4.08. The van der Waals surface area contributed by atoms with Crippen molar-refractivity contribution in [2.45, 2.75) is 11.8 Å². The van der Waals surface area contributed by atoms with Crippen molar-refractivity contribution in [3.63, 3.8) is 0 Å². The van der Waals surface area contributed by atoms with Crippen LogP contribution in [0.3, 0.4) is 0 Å². The summed E-state index contributed by atoms with van der Waals surface area (Å²) in [6, 6.07) is 18.7. The van der Waals surface area contributed by atoms with Crippen LogP contribution in [0.5, 0.6) is 11.5 Å². The topological polar surface area (TPSA) is 82.8 Å². The molecule has 0 N–H and O–H groups in total. The maximum absolute atomic E-state index is 13.2. The number of benzene rings is 3. The van der Waals surface area contributed by atoms with Crippen molar-refractivity contribution < 1.29 is 21.8 Å². The Morgan fingerprint density at radius 1 is 0.935 bits per heavy atom. The van der Waals surface area contributed by atoms with Crippen molar-refractivity contribution in [3.8, 4) is 22.8 Å². The van der Waals surface area contributed by atoms with Gasteiger partial charge in [0, 0.05) is 10.6 Å². The van der Waals surface area contributed by atoms with Gasteiger partial charge in [-0.3, -0.25) is 4.79 Å². The Labute approximate surface area is 183 Å². The number of hydrogen-bond acceptors (Lipinski definition) is 6. The molecule has 0 aliphatic rings. The third kappa shape index (κ3) is 4.28. The van der Waals surface area contributed by atoms with E-state index in [1.54, 1.807) is 48.5 Å². The van der Waals surface area contributed by atoms with E-state index in [1.165, 1.54) is 24.3 Å². The van der Waals surface area contributed by atoms with Gasteiger partial charge in [-0.2, -0.15) is 8.42 Å². The van der Waals surface area contributed by atoms with E-state index < -0.39 is 21.3 Å². The Hall–Kier alpha value is -3.29. The maximum Gasteiger partial charge on any atom is 0.339 e. The van der Waals surface area contributed by atoms with Gasteiger partial charge < -0.3 is 13.3 Å². The van der Waals surface area contributed by atoms with E-state index in [-0.39, 0.29) is 16.0 Å². The van der Waals surface area contributed by atoms with Crippen LogP contribution in [0.15, 0.2) is 86.9 Å². The molecule has 0 aliphatic heterocycles. The van der Waals surface area contributed by atoms with E-state index in [0.29, 0.717) is 28.5 Å². The summed E-state index contributed by atoms with van der Waals surface area (Å²) in [6.45, 7) is 2.36. The molecule has 1 aromatic heterocycles. The Balaban J connectivity index is 1.88. The SMILES string of the molecule is CCOc1ccc(-c2oc3ccccc3c(=O)c2OS(=O)(=O)c2ccc(Cl)cc2)cc1. The molecule has 4 rings (SSSR count). The molecule has 0 radical (unpaired) electrons. The lowest BCUT2D eigenvalue weighted by Gasteiger charge is -2.12. The third-order valence-electron chi connectivity index (χ3n) is 4.48. The van der Waals surface area contributed by atoms with E-state index in [0.717, 1.165) is 0 Å². The van der Waals surface area contributed by atoms with Crippen molar-refractivity contribution in [2.75, 3.05) is 6.61 Å². The monoisotopic (exact) mass is 456 g/mol. The average Bonchev–Trinajstić information content (AvgIpc) is 2.77. The molecule has 158 valence electrons. The van der Waals surface area contributed by atoms with Gasteiger partial charge in [0.05, 0.1) is 12.0 Å². The van der Waals surface area contributed by atoms with E-state index >= 15 is 0 Å². The molecule has 1 heterocycles. The normalized spacial score (nSPS) is 11.4. The summed E-state index contributed by atoms with van der Waals surface area (Å²) in [7, 11) is -4.31.